The zero-order valence-electron chi connectivity index (χ0n) is 16.3. The SMILES string of the molecule is C[C@@H](CCc1ccccc1)NC(=O)CSc1nnc(-c2ccc(OC(F)F)cc2)o1. The lowest BCUT2D eigenvalue weighted by Gasteiger charge is -2.13. The fourth-order valence-electron chi connectivity index (χ4n) is 2.71. The van der Waals surface area contributed by atoms with Crippen molar-refractivity contribution in [1.29, 1.82) is 0 Å². The van der Waals surface area contributed by atoms with Gasteiger partial charge in [0.2, 0.25) is 11.8 Å². The molecule has 0 fully saturated rings. The summed E-state index contributed by atoms with van der Waals surface area (Å²) in [7, 11) is 0. The predicted octanol–water partition coefficient (Wildman–Crippen LogP) is 4.57. The number of carbonyl (C=O) groups excluding carboxylic acids is 1. The molecule has 3 rings (SSSR count). The van der Waals surface area contributed by atoms with Gasteiger partial charge in [-0.25, -0.2) is 0 Å². The van der Waals surface area contributed by atoms with Gasteiger partial charge in [-0.3, -0.25) is 4.79 Å². The van der Waals surface area contributed by atoms with Gasteiger partial charge in [0, 0.05) is 11.6 Å². The maximum absolute atomic E-state index is 12.2. The number of aryl methyl sites for hydroxylation is 1. The van der Waals surface area contributed by atoms with Crippen LogP contribution in [-0.2, 0) is 11.2 Å². The number of hydrogen-bond acceptors (Lipinski definition) is 6. The lowest BCUT2D eigenvalue weighted by atomic mass is 10.1. The van der Waals surface area contributed by atoms with Crippen molar-refractivity contribution in [2.45, 2.75) is 37.6 Å². The lowest BCUT2D eigenvalue weighted by Crippen LogP contribution is -2.34. The fraction of sp³-hybridized carbons (Fsp3) is 0.286. The van der Waals surface area contributed by atoms with Gasteiger partial charge >= 0.3 is 6.61 Å². The Bertz CT molecular complexity index is 936. The van der Waals surface area contributed by atoms with E-state index < -0.39 is 6.61 Å². The molecule has 0 bridgehead atoms. The first-order valence-electron chi connectivity index (χ1n) is 9.34. The smallest absolute Gasteiger partial charge is 0.387 e. The largest absolute Gasteiger partial charge is 0.435 e. The number of nitrogens with zero attached hydrogens (tertiary/aromatic N) is 2. The van der Waals surface area contributed by atoms with E-state index in [4.69, 9.17) is 4.42 Å². The average Bonchev–Trinajstić information content (AvgIpc) is 3.21. The molecule has 0 unspecified atom stereocenters. The van der Waals surface area contributed by atoms with Gasteiger partial charge in [-0.15, -0.1) is 10.2 Å². The summed E-state index contributed by atoms with van der Waals surface area (Å²) in [6.07, 6.45) is 1.74. The molecule has 1 heterocycles. The lowest BCUT2D eigenvalue weighted by molar-refractivity contribution is -0.119. The first-order valence-corrected chi connectivity index (χ1v) is 10.3. The third-order valence-electron chi connectivity index (χ3n) is 4.18. The minimum Gasteiger partial charge on any atom is -0.435 e. The van der Waals surface area contributed by atoms with Crippen molar-refractivity contribution in [2.75, 3.05) is 5.75 Å². The van der Waals surface area contributed by atoms with Crippen LogP contribution >= 0.6 is 11.8 Å². The number of ether oxygens (including phenoxy) is 1. The molecule has 0 saturated carbocycles. The summed E-state index contributed by atoms with van der Waals surface area (Å²) in [5.74, 6) is 0.311. The van der Waals surface area contributed by atoms with E-state index in [0.717, 1.165) is 24.6 Å². The monoisotopic (exact) mass is 433 g/mol. The molecule has 6 nitrogen and oxygen atoms in total. The second kappa shape index (κ2) is 10.7. The summed E-state index contributed by atoms with van der Waals surface area (Å²) in [4.78, 5) is 12.1. The normalized spacial score (nSPS) is 12.0. The molecule has 3 aromatic rings. The summed E-state index contributed by atoms with van der Waals surface area (Å²) < 4.78 is 34.2. The highest BCUT2D eigenvalue weighted by Gasteiger charge is 2.13. The Morgan fingerprint density at radius 2 is 1.87 bits per heavy atom. The highest BCUT2D eigenvalue weighted by atomic mass is 32.2. The molecule has 0 radical (unpaired) electrons. The number of amides is 1. The third-order valence-corrected chi connectivity index (χ3v) is 4.99. The average molecular weight is 433 g/mol. The molecule has 9 heteroatoms. The van der Waals surface area contributed by atoms with E-state index in [1.54, 1.807) is 12.1 Å². The highest BCUT2D eigenvalue weighted by Crippen LogP contribution is 2.25. The van der Waals surface area contributed by atoms with Crippen molar-refractivity contribution in [2.24, 2.45) is 0 Å². The van der Waals surface area contributed by atoms with Crippen molar-refractivity contribution in [3.05, 3.63) is 60.2 Å². The van der Waals surface area contributed by atoms with Crippen molar-refractivity contribution in [1.82, 2.24) is 15.5 Å². The summed E-state index contributed by atoms with van der Waals surface area (Å²) >= 11 is 1.14. The van der Waals surface area contributed by atoms with Crippen LogP contribution in [0.2, 0.25) is 0 Å². The quantitative estimate of drug-likeness (QED) is 0.472. The molecule has 1 N–H and O–H groups in total. The van der Waals surface area contributed by atoms with Crippen molar-refractivity contribution in [3.63, 3.8) is 0 Å². The molecule has 30 heavy (non-hydrogen) atoms. The Hall–Kier alpha value is -2.94. The molecule has 1 amide bonds. The molecule has 0 aliphatic heterocycles. The number of alkyl halides is 2. The van der Waals surface area contributed by atoms with Crippen molar-refractivity contribution in [3.8, 4) is 17.2 Å². The van der Waals surface area contributed by atoms with Crippen LogP contribution < -0.4 is 10.1 Å². The van der Waals surface area contributed by atoms with Gasteiger partial charge in [0.1, 0.15) is 5.75 Å². The van der Waals surface area contributed by atoms with E-state index in [-0.39, 0.29) is 34.6 Å². The Kier molecular flexibility index (Phi) is 7.78. The van der Waals surface area contributed by atoms with Crippen LogP contribution in [0.25, 0.3) is 11.5 Å². The fourth-order valence-corrected chi connectivity index (χ4v) is 3.28. The van der Waals surface area contributed by atoms with Crippen LogP contribution in [0.15, 0.2) is 64.2 Å². The highest BCUT2D eigenvalue weighted by molar-refractivity contribution is 7.99. The van der Waals surface area contributed by atoms with E-state index >= 15 is 0 Å². The number of halogens is 2. The van der Waals surface area contributed by atoms with Gasteiger partial charge in [0.05, 0.1) is 5.75 Å². The number of nitrogens with one attached hydrogen (secondary N) is 1. The second-order valence-corrected chi connectivity index (χ2v) is 7.48. The first-order chi connectivity index (χ1) is 14.5. The molecule has 1 atom stereocenters. The van der Waals surface area contributed by atoms with Crippen molar-refractivity contribution < 1.29 is 22.7 Å². The first kappa shape index (κ1) is 21.8. The zero-order chi connectivity index (χ0) is 21.3. The summed E-state index contributed by atoms with van der Waals surface area (Å²) in [5, 5.41) is 11.0. The number of hydrogen-bond donors (Lipinski definition) is 1. The third kappa shape index (κ3) is 6.84. The number of benzene rings is 2. The second-order valence-electron chi connectivity index (χ2n) is 6.56. The zero-order valence-corrected chi connectivity index (χ0v) is 17.1. The molecule has 0 aliphatic rings. The van der Waals surface area contributed by atoms with Gasteiger partial charge in [-0.2, -0.15) is 8.78 Å². The standard InChI is InChI=1S/C21H21F2N3O3S/c1-14(7-8-15-5-3-2-4-6-15)24-18(27)13-30-21-26-25-19(29-21)16-9-11-17(12-10-16)28-20(22)23/h2-6,9-12,14,20H,7-8,13H2,1H3,(H,24,27)/t14-/m0/s1. The Morgan fingerprint density at radius 1 is 1.13 bits per heavy atom. The van der Waals surface area contributed by atoms with Gasteiger partial charge in [-0.05, 0) is 49.6 Å². The number of carbonyl (C=O) groups is 1. The number of rotatable bonds is 10. The van der Waals surface area contributed by atoms with Gasteiger partial charge in [0.25, 0.3) is 5.22 Å². The van der Waals surface area contributed by atoms with Crippen LogP contribution in [0.5, 0.6) is 5.75 Å². The minimum absolute atomic E-state index is 0.0425. The molecule has 0 saturated heterocycles. The summed E-state index contributed by atoms with van der Waals surface area (Å²) in [5.41, 5.74) is 1.80. The molecule has 2 aromatic carbocycles. The van der Waals surface area contributed by atoms with E-state index in [1.807, 2.05) is 25.1 Å². The molecular formula is C21H21F2N3O3S. The van der Waals surface area contributed by atoms with Crippen LogP contribution in [0.3, 0.4) is 0 Å². The maximum Gasteiger partial charge on any atom is 0.387 e. The Morgan fingerprint density at radius 3 is 2.57 bits per heavy atom. The van der Waals surface area contributed by atoms with Crippen molar-refractivity contribution >= 4 is 17.7 Å². The van der Waals surface area contributed by atoms with Crippen LogP contribution in [-0.4, -0.2) is 34.5 Å². The van der Waals surface area contributed by atoms with Crippen LogP contribution in [0.4, 0.5) is 8.78 Å². The number of aromatic nitrogens is 2. The molecule has 0 aliphatic carbocycles. The van der Waals surface area contributed by atoms with E-state index in [9.17, 15) is 13.6 Å². The van der Waals surface area contributed by atoms with E-state index in [0.29, 0.717) is 5.56 Å². The minimum atomic E-state index is -2.88. The molecule has 0 spiro atoms. The van der Waals surface area contributed by atoms with Gasteiger partial charge in [-0.1, -0.05) is 42.1 Å². The van der Waals surface area contributed by atoms with Gasteiger partial charge in [0.15, 0.2) is 0 Å². The van der Waals surface area contributed by atoms with E-state index in [1.165, 1.54) is 17.7 Å². The number of thioether (sulfide) groups is 1. The van der Waals surface area contributed by atoms with Crippen LogP contribution in [0.1, 0.15) is 18.9 Å². The van der Waals surface area contributed by atoms with Gasteiger partial charge < -0.3 is 14.5 Å². The summed E-state index contributed by atoms with van der Waals surface area (Å²) in [6, 6.07) is 16.0. The van der Waals surface area contributed by atoms with Crippen LogP contribution in [0, 0.1) is 0 Å². The predicted molar refractivity (Wildman–Crippen MR) is 109 cm³/mol. The molecule has 1 aromatic heterocycles. The Labute approximate surface area is 177 Å². The molecule has 158 valence electrons. The maximum atomic E-state index is 12.2. The summed E-state index contributed by atoms with van der Waals surface area (Å²) in [6.45, 7) is -0.910. The van der Waals surface area contributed by atoms with E-state index in [2.05, 4.69) is 32.4 Å². The Balaban J connectivity index is 1.43. The topological polar surface area (TPSA) is 77.2 Å². The molecular weight excluding hydrogens is 412 g/mol.